The van der Waals surface area contributed by atoms with Crippen molar-refractivity contribution in [2.24, 2.45) is 23.7 Å². The summed E-state index contributed by atoms with van der Waals surface area (Å²) in [7, 11) is 0. The van der Waals surface area contributed by atoms with Crippen molar-refractivity contribution in [1.82, 2.24) is 4.90 Å². The normalized spacial score (nSPS) is 28.7. The number of aliphatic hydroxyl groups is 1. The number of nitrogens with zero attached hydrogens (tertiary/aromatic N) is 1. The number of aliphatic hydroxyl groups excluding tert-OH is 1. The largest absolute Gasteiger partial charge is 0.491 e. The van der Waals surface area contributed by atoms with Crippen molar-refractivity contribution in [3.05, 3.63) is 119 Å². The Morgan fingerprint density at radius 2 is 1.51 bits per heavy atom. The molecule has 47 heavy (non-hydrogen) atoms. The molecular weight excluding hydrogens is 590 g/mol. The molecule has 4 aliphatic rings. The van der Waals surface area contributed by atoms with E-state index in [-0.39, 0.29) is 43.0 Å². The topological polar surface area (TPSA) is 101 Å². The maximum Gasteiger partial charge on any atom is 0.234 e. The van der Waals surface area contributed by atoms with Crippen molar-refractivity contribution in [3.63, 3.8) is 0 Å². The number of hydrogen-bond donors (Lipinski definition) is 1. The first-order chi connectivity index (χ1) is 22.6. The quantitative estimate of drug-likeness (QED) is 0.278. The van der Waals surface area contributed by atoms with Gasteiger partial charge in [0.15, 0.2) is 11.6 Å². The van der Waals surface area contributed by atoms with Crippen LogP contribution in [0.1, 0.15) is 56.2 Å². The van der Waals surface area contributed by atoms with Gasteiger partial charge in [-0.2, -0.15) is 0 Å². The maximum absolute atomic E-state index is 15.0. The Kier molecular flexibility index (Phi) is 7.63. The van der Waals surface area contributed by atoms with Crippen LogP contribution in [0.2, 0.25) is 0 Å². The van der Waals surface area contributed by atoms with Gasteiger partial charge in [0.05, 0.1) is 23.9 Å². The highest BCUT2D eigenvalue weighted by molar-refractivity contribution is 6.31. The summed E-state index contributed by atoms with van der Waals surface area (Å²) in [4.78, 5) is 59.4. The highest BCUT2D eigenvalue weighted by Crippen LogP contribution is 2.63. The predicted octanol–water partition coefficient (Wildman–Crippen LogP) is 5.68. The molecule has 0 spiro atoms. The monoisotopic (exact) mass is 629 g/mol. The van der Waals surface area contributed by atoms with Gasteiger partial charge in [-0.15, -0.1) is 0 Å². The molecule has 1 saturated carbocycles. The van der Waals surface area contributed by atoms with Crippen molar-refractivity contribution in [2.75, 3.05) is 13.2 Å². The zero-order valence-electron chi connectivity index (χ0n) is 26.9. The number of benzene rings is 3. The van der Waals surface area contributed by atoms with Crippen LogP contribution in [0.15, 0.2) is 103 Å². The second-order valence-electron chi connectivity index (χ2n) is 14.1. The lowest BCUT2D eigenvalue weighted by Gasteiger charge is -2.55. The number of rotatable bonds is 6. The zero-order valence-corrected chi connectivity index (χ0v) is 26.9. The lowest BCUT2D eigenvalue weighted by molar-refractivity contribution is -0.145. The second kappa shape index (κ2) is 11.6. The molecule has 2 amide bonds. The summed E-state index contributed by atoms with van der Waals surface area (Å²) in [5.74, 6) is -2.93. The lowest BCUT2D eigenvalue weighted by Crippen LogP contribution is -2.59. The Balaban J connectivity index is 1.47. The van der Waals surface area contributed by atoms with Crippen LogP contribution in [-0.4, -0.2) is 52.1 Å². The number of imide groups is 1. The summed E-state index contributed by atoms with van der Waals surface area (Å²) in [5, 5.41) is 9.28. The molecule has 1 saturated heterocycles. The summed E-state index contributed by atoms with van der Waals surface area (Å²) < 4.78 is 5.67. The first-order valence-corrected chi connectivity index (χ1v) is 16.4. The maximum atomic E-state index is 15.0. The van der Waals surface area contributed by atoms with E-state index in [9.17, 15) is 19.5 Å². The first-order valence-electron chi connectivity index (χ1n) is 16.4. The van der Waals surface area contributed by atoms with E-state index in [0.29, 0.717) is 23.3 Å². The SMILES string of the molecule is CC(C)(C)N1C(=O)[C@H]2[C@H](CC=C3[C@H]2C[C@H]2C(=O)C(c4ccccc4)=CC(=O)[C@@]2(c2ccccc2)[C@H]3c2ccc(OCCO)cc2)C1=O. The molecule has 0 radical (unpaired) electrons. The molecule has 7 nitrogen and oxygen atoms in total. The minimum atomic E-state index is -1.27. The summed E-state index contributed by atoms with van der Waals surface area (Å²) in [6.45, 7) is 5.65. The van der Waals surface area contributed by atoms with Crippen LogP contribution < -0.4 is 4.74 Å². The third-order valence-electron chi connectivity index (χ3n) is 10.6. The fraction of sp³-hybridized carbons (Fsp3) is 0.350. The van der Waals surface area contributed by atoms with E-state index < -0.39 is 40.5 Å². The second-order valence-corrected chi connectivity index (χ2v) is 14.1. The molecule has 3 aliphatic carbocycles. The summed E-state index contributed by atoms with van der Waals surface area (Å²) in [6, 6.07) is 26.3. The highest BCUT2D eigenvalue weighted by atomic mass is 16.5. The van der Waals surface area contributed by atoms with Crippen molar-refractivity contribution in [1.29, 1.82) is 0 Å². The van der Waals surface area contributed by atoms with Crippen molar-refractivity contribution in [3.8, 4) is 5.75 Å². The Bertz CT molecular complexity index is 1800. The summed E-state index contributed by atoms with van der Waals surface area (Å²) in [6.07, 6.45) is 4.29. The van der Waals surface area contributed by atoms with Crippen molar-refractivity contribution >= 4 is 29.0 Å². The smallest absolute Gasteiger partial charge is 0.234 e. The number of Topliss-reactive ketones (excluding diaryl/α,β-unsaturated/α-hetero) is 1. The van der Waals surface area contributed by atoms with E-state index in [1.54, 1.807) is 0 Å². The van der Waals surface area contributed by atoms with Gasteiger partial charge in [0, 0.05) is 22.9 Å². The van der Waals surface area contributed by atoms with Gasteiger partial charge >= 0.3 is 0 Å². The average Bonchev–Trinajstić information content (AvgIpc) is 3.35. The average molecular weight is 630 g/mol. The van der Waals surface area contributed by atoms with Crippen LogP contribution >= 0.6 is 0 Å². The predicted molar refractivity (Wildman–Crippen MR) is 177 cm³/mol. The number of likely N-dealkylation sites (tertiary alicyclic amines) is 1. The fourth-order valence-corrected chi connectivity index (χ4v) is 8.83. The Morgan fingerprint density at radius 1 is 0.851 bits per heavy atom. The summed E-state index contributed by atoms with van der Waals surface area (Å²) in [5.41, 5.74) is 1.62. The van der Waals surface area contributed by atoms with E-state index in [0.717, 1.165) is 16.7 Å². The number of hydrogen-bond acceptors (Lipinski definition) is 6. The highest BCUT2D eigenvalue weighted by Gasteiger charge is 2.66. The van der Waals surface area contributed by atoms with Crippen molar-refractivity contribution in [2.45, 2.75) is 50.5 Å². The molecule has 0 unspecified atom stereocenters. The van der Waals surface area contributed by atoms with Crippen LogP contribution in [0.5, 0.6) is 5.75 Å². The van der Waals surface area contributed by atoms with Crippen LogP contribution in [0.4, 0.5) is 0 Å². The molecule has 7 heteroatoms. The molecule has 7 rings (SSSR count). The molecule has 1 N–H and O–H groups in total. The van der Waals surface area contributed by atoms with Gasteiger partial charge in [-0.1, -0.05) is 84.4 Å². The molecule has 1 aliphatic heterocycles. The third-order valence-corrected chi connectivity index (χ3v) is 10.6. The molecular formula is C40H39NO6. The molecule has 1 heterocycles. The van der Waals surface area contributed by atoms with Gasteiger partial charge in [-0.3, -0.25) is 24.1 Å². The molecule has 0 aromatic heterocycles. The van der Waals surface area contributed by atoms with Crippen molar-refractivity contribution < 1.29 is 29.0 Å². The third kappa shape index (κ3) is 4.74. The standard InChI is InChI=1S/C40H39NO6/c1-39(2,3)41-37(45)29-19-18-28-31(34(29)38(41)46)22-32-36(44)30(24-10-6-4-7-11-24)23-33(43)40(32,26-12-8-5-9-13-26)35(28)25-14-16-27(17-15-25)47-21-20-42/h4-18,23,29,31-32,34-35,42H,19-22H2,1-3H3/t29-,31+,32-,34-,35-,40-/m0/s1. The minimum Gasteiger partial charge on any atom is -0.491 e. The molecule has 0 bridgehead atoms. The van der Waals surface area contributed by atoms with E-state index >= 15 is 4.79 Å². The Hall–Kier alpha value is -4.62. The molecule has 240 valence electrons. The van der Waals surface area contributed by atoms with Crippen LogP contribution in [0.25, 0.3) is 5.57 Å². The van der Waals surface area contributed by atoms with Gasteiger partial charge < -0.3 is 9.84 Å². The van der Waals surface area contributed by atoms with Crippen LogP contribution in [-0.2, 0) is 24.6 Å². The summed E-state index contributed by atoms with van der Waals surface area (Å²) >= 11 is 0. The van der Waals surface area contributed by atoms with Gasteiger partial charge in [-0.05, 0) is 74.4 Å². The number of amides is 2. The lowest BCUT2D eigenvalue weighted by atomic mass is 9.44. The van der Waals surface area contributed by atoms with E-state index in [1.165, 1.54) is 11.0 Å². The van der Waals surface area contributed by atoms with Gasteiger partial charge in [0.25, 0.3) is 0 Å². The van der Waals surface area contributed by atoms with E-state index in [4.69, 9.17) is 4.74 Å². The van der Waals surface area contributed by atoms with Crippen LogP contribution in [0.3, 0.4) is 0 Å². The number of carbonyl (C=O) groups is 4. The number of ether oxygens (including phenoxy) is 1. The number of carbonyl (C=O) groups excluding carboxylic acids is 4. The molecule has 6 atom stereocenters. The first kappa shape index (κ1) is 31.0. The molecule has 2 fully saturated rings. The fourth-order valence-electron chi connectivity index (χ4n) is 8.83. The van der Waals surface area contributed by atoms with E-state index in [1.807, 2.05) is 106 Å². The van der Waals surface area contributed by atoms with Crippen LogP contribution in [0, 0.1) is 23.7 Å². The van der Waals surface area contributed by atoms with Gasteiger partial charge in [-0.25, -0.2) is 0 Å². The molecule has 3 aromatic carbocycles. The minimum absolute atomic E-state index is 0.120. The van der Waals surface area contributed by atoms with Gasteiger partial charge in [0.2, 0.25) is 11.8 Å². The van der Waals surface area contributed by atoms with E-state index in [2.05, 4.69) is 6.08 Å². The number of ketones is 2. The Labute approximate surface area is 274 Å². The number of fused-ring (bicyclic) bond motifs is 4. The number of allylic oxidation sites excluding steroid dienone is 4. The molecule has 3 aromatic rings. The Morgan fingerprint density at radius 3 is 2.15 bits per heavy atom. The van der Waals surface area contributed by atoms with Gasteiger partial charge in [0.1, 0.15) is 12.4 Å². The zero-order chi connectivity index (χ0) is 33.1.